The van der Waals surface area contributed by atoms with E-state index in [2.05, 4.69) is 15.2 Å². The number of pyridine rings is 1. The number of hydrogen-bond acceptors (Lipinski definition) is 7. The summed E-state index contributed by atoms with van der Waals surface area (Å²) in [7, 11) is -3.33. The van der Waals surface area contributed by atoms with Gasteiger partial charge in [0.15, 0.2) is 9.84 Å². The molecule has 0 spiro atoms. The quantitative estimate of drug-likeness (QED) is 0.314. The molecule has 9 nitrogen and oxygen atoms in total. The lowest BCUT2D eigenvalue weighted by atomic mass is 9.79. The number of carbonyl (C=O) groups is 2. The molecule has 11 heteroatoms. The predicted molar refractivity (Wildman–Crippen MR) is 179 cm³/mol. The summed E-state index contributed by atoms with van der Waals surface area (Å²) < 4.78 is 26.1. The number of nitrogens with one attached hydrogen (secondary N) is 1. The van der Waals surface area contributed by atoms with Crippen molar-refractivity contribution in [2.24, 2.45) is 11.7 Å². The first-order chi connectivity index (χ1) is 21.6. The fourth-order valence-corrected chi connectivity index (χ4v) is 8.88. The van der Waals surface area contributed by atoms with Gasteiger partial charge in [0, 0.05) is 49.2 Å². The van der Waals surface area contributed by atoms with Crippen LogP contribution in [0.15, 0.2) is 60.8 Å². The maximum absolute atomic E-state index is 14.0. The number of rotatable bonds is 11. The number of nitrogens with two attached hydrogens (primary N) is 1. The van der Waals surface area contributed by atoms with Gasteiger partial charge in [-0.05, 0) is 54.3 Å². The van der Waals surface area contributed by atoms with E-state index in [0.717, 1.165) is 48.4 Å². The smallest absolute Gasteiger partial charge is 0.270 e. The largest absolute Gasteiger partial charge is 0.339 e. The lowest BCUT2D eigenvalue weighted by Gasteiger charge is -2.50. The molecule has 1 aliphatic carbocycles. The molecule has 2 fully saturated rings. The van der Waals surface area contributed by atoms with E-state index >= 15 is 0 Å². The van der Waals surface area contributed by atoms with Crippen LogP contribution in [0.2, 0.25) is 5.02 Å². The van der Waals surface area contributed by atoms with Crippen LogP contribution in [0.5, 0.6) is 0 Å². The van der Waals surface area contributed by atoms with Crippen LogP contribution in [0, 0.1) is 5.92 Å². The van der Waals surface area contributed by atoms with Gasteiger partial charge in [-0.3, -0.25) is 19.5 Å². The highest BCUT2D eigenvalue weighted by atomic mass is 35.5. The molecular formula is C34H44ClN5O4S. The lowest BCUT2D eigenvalue weighted by molar-refractivity contribution is -0.136. The van der Waals surface area contributed by atoms with Crippen molar-refractivity contribution in [3.05, 3.63) is 77.1 Å². The Morgan fingerprint density at radius 1 is 1.02 bits per heavy atom. The predicted octanol–water partition coefficient (Wildman–Crippen LogP) is 4.43. The maximum Gasteiger partial charge on any atom is 0.270 e. The van der Waals surface area contributed by atoms with E-state index in [4.69, 9.17) is 17.3 Å². The van der Waals surface area contributed by atoms with Gasteiger partial charge in [-0.2, -0.15) is 0 Å². The van der Waals surface area contributed by atoms with Crippen molar-refractivity contribution in [3.63, 3.8) is 0 Å². The van der Waals surface area contributed by atoms with Crippen LogP contribution >= 0.6 is 11.6 Å². The zero-order chi connectivity index (χ0) is 32.0. The number of benzene rings is 2. The van der Waals surface area contributed by atoms with Gasteiger partial charge in [0.25, 0.3) is 5.91 Å². The molecule has 45 heavy (non-hydrogen) atoms. The molecular weight excluding hydrogens is 610 g/mol. The molecule has 2 aromatic carbocycles. The summed E-state index contributed by atoms with van der Waals surface area (Å²) in [5.41, 5.74) is 7.23. The van der Waals surface area contributed by atoms with Crippen LogP contribution in [0.4, 0.5) is 0 Å². The standard InChI is InChI=1S/C34H44ClN5O4S/c1-2-20-45(43,44)24-34(36,28-10-4-3-5-11-28)40-18-16-39(17-19-40)33(42)31(21-25-12-14-29(35)15-13-25)38-32(41)30-22-26-8-6-7-9-27(26)23-37-30/h6-9,12-15,22-23,28,31H,2-5,10-11,16-21,24,36H2,1H3,(H,38,41). The Morgan fingerprint density at radius 2 is 1.69 bits per heavy atom. The van der Waals surface area contributed by atoms with Gasteiger partial charge in [0.2, 0.25) is 5.91 Å². The molecule has 0 bridgehead atoms. The van der Waals surface area contributed by atoms with Gasteiger partial charge in [-0.25, -0.2) is 8.42 Å². The van der Waals surface area contributed by atoms with Crippen LogP contribution in [-0.4, -0.2) is 84.4 Å². The van der Waals surface area contributed by atoms with Crippen molar-refractivity contribution in [2.45, 2.75) is 63.6 Å². The minimum Gasteiger partial charge on any atom is -0.339 e. The SMILES string of the molecule is CCCS(=O)(=O)CC(N)(C1CCCCC1)N1CCN(C(=O)C(Cc2ccc(Cl)cc2)NC(=O)c2cc3ccccc3cn2)CC1. The second-order valence-electron chi connectivity index (χ2n) is 12.5. The first kappa shape index (κ1) is 33.3. The summed E-state index contributed by atoms with van der Waals surface area (Å²) in [5, 5.41) is 5.35. The second kappa shape index (κ2) is 14.6. The van der Waals surface area contributed by atoms with Crippen molar-refractivity contribution in [3.8, 4) is 0 Å². The zero-order valence-corrected chi connectivity index (χ0v) is 27.5. The zero-order valence-electron chi connectivity index (χ0n) is 26.0. The molecule has 242 valence electrons. The highest BCUT2D eigenvalue weighted by Crippen LogP contribution is 2.35. The topological polar surface area (TPSA) is 126 Å². The Kier molecular flexibility index (Phi) is 10.8. The van der Waals surface area contributed by atoms with Crippen molar-refractivity contribution in [1.82, 2.24) is 20.1 Å². The highest BCUT2D eigenvalue weighted by Gasteiger charge is 2.45. The number of piperazine rings is 1. The van der Waals surface area contributed by atoms with E-state index in [-0.39, 0.29) is 35.4 Å². The van der Waals surface area contributed by atoms with Crippen LogP contribution in [0.1, 0.15) is 61.5 Å². The minimum absolute atomic E-state index is 0.0690. The molecule has 0 radical (unpaired) electrons. The Bertz CT molecular complexity index is 1590. The Hall–Kier alpha value is -3.05. The number of nitrogens with zero attached hydrogens (tertiary/aromatic N) is 3. The van der Waals surface area contributed by atoms with E-state index in [1.165, 1.54) is 0 Å². The molecule has 3 N–H and O–H groups in total. The number of halogens is 1. The monoisotopic (exact) mass is 653 g/mol. The van der Waals surface area contributed by atoms with E-state index in [9.17, 15) is 18.0 Å². The highest BCUT2D eigenvalue weighted by molar-refractivity contribution is 7.91. The van der Waals surface area contributed by atoms with Gasteiger partial charge < -0.3 is 16.0 Å². The summed E-state index contributed by atoms with van der Waals surface area (Å²) in [5.74, 6) is -0.481. The fourth-order valence-electron chi connectivity index (χ4n) is 6.86. The minimum atomic E-state index is -3.33. The Balaban J connectivity index is 1.33. The molecule has 1 saturated carbocycles. The Labute approximate surface area is 271 Å². The first-order valence-electron chi connectivity index (χ1n) is 16.0. The molecule has 5 rings (SSSR count). The summed E-state index contributed by atoms with van der Waals surface area (Å²) in [6.07, 6.45) is 7.57. The average Bonchev–Trinajstić information content (AvgIpc) is 3.05. The van der Waals surface area contributed by atoms with Gasteiger partial charge in [0.1, 0.15) is 11.7 Å². The summed E-state index contributed by atoms with van der Waals surface area (Å²) in [4.78, 5) is 35.7. The van der Waals surface area contributed by atoms with Crippen LogP contribution in [-0.2, 0) is 21.1 Å². The lowest BCUT2D eigenvalue weighted by Crippen LogP contribution is -2.69. The number of amides is 2. The molecule has 1 aromatic heterocycles. The second-order valence-corrected chi connectivity index (χ2v) is 15.1. The fraction of sp³-hybridized carbons (Fsp3) is 0.500. The summed E-state index contributed by atoms with van der Waals surface area (Å²) in [6, 6.07) is 15.8. The normalized spacial score (nSPS) is 18.8. The van der Waals surface area contributed by atoms with Crippen molar-refractivity contribution < 1.29 is 18.0 Å². The number of aromatic nitrogens is 1. The van der Waals surface area contributed by atoms with E-state index in [1.807, 2.05) is 43.3 Å². The average molecular weight is 654 g/mol. The molecule has 2 amide bonds. The van der Waals surface area contributed by atoms with Crippen molar-refractivity contribution in [1.29, 1.82) is 0 Å². The number of hydrogen-bond donors (Lipinski definition) is 2. The van der Waals surface area contributed by atoms with E-state index < -0.39 is 27.4 Å². The van der Waals surface area contributed by atoms with Gasteiger partial charge >= 0.3 is 0 Å². The maximum atomic E-state index is 14.0. The Morgan fingerprint density at radius 3 is 2.36 bits per heavy atom. The third-order valence-electron chi connectivity index (χ3n) is 9.28. The van der Waals surface area contributed by atoms with Crippen LogP contribution < -0.4 is 11.1 Å². The summed E-state index contributed by atoms with van der Waals surface area (Å²) >= 11 is 6.10. The molecule has 1 aliphatic heterocycles. The number of sulfone groups is 1. The molecule has 3 aromatic rings. The van der Waals surface area contributed by atoms with Crippen molar-refractivity contribution in [2.75, 3.05) is 37.7 Å². The molecule has 2 heterocycles. The van der Waals surface area contributed by atoms with Gasteiger partial charge in [-0.1, -0.05) is 74.2 Å². The van der Waals surface area contributed by atoms with E-state index in [1.54, 1.807) is 29.3 Å². The molecule has 2 unspecified atom stereocenters. The van der Waals surface area contributed by atoms with Gasteiger partial charge in [-0.15, -0.1) is 0 Å². The molecule has 1 saturated heterocycles. The van der Waals surface area contributed by atoms with E-state index in [0.29, 0.717) is 37.6 Å². The van der Waals surface area contributed by atoms with Crippen LogP contribution in [0.3, 0.4) is 0 Å². The number of fused-ring (bicyclic) bond motifs is 1. The summed E-state index contributed by atoms with van der Waals surface area (Å²) in [6.45, 7) is 3.58. The number of carbonyl (C=O) groups excluding carboxylic acids is 2. The third-order valence-corrected chi connectivity index (χ3v) is 11.5. The van der Waals surface area contributed by atoms with Crippen molar-refractivity contribution >= 4 is 44.0 Å². The van der Waals surface area contributed by atoms with Gasteiger partial charge in [0.05, 0.1) is 17.2 Å². The molecule has 2 atom stereocenters. The third kappa shape index (κ3) is 8.22. The van der Waals surface area contributed by atoms with Crippen LogP contribution in [0.25, 0.3) is 10.8 Å². The first-order valence-corrected chi connectivity index (χ1v) is 18.2. The molecule has 2 aliphatic rings.